The number of nitrogens with one attached hydrogen (secondary N) is 1. The van der Waals surface area contributed by atoms with E-state index in [9.17, 15) is 0 Å². The third-order valence-corrected chi connectivity index (χ3v) is 4.42. The van der Waals surface area contributed by atoms with Gasteiger partial charge in [-0.2, -0.15) is 0 Å². The second kappa shape index (κ2) is 12.4. The molecule has 1 rings (SSSR count). The van der Waals surface area contributed by atoms with Crippen molar-refractivity contribution >= 4 is 0 Å². The van der Waals surface area contributed by atoms with E-state index in [1.807, 2.05) is 0 Å². The van der Waals surface area contributed by atoms with Crippen molar-refractivity contribution in [2.75, 3.05) is 53.2 Å². The lowest BCUT2D eigenvalue weighted by molar-refractivity contribution is 0.0126. The molecule has 4 nitrogen and oxygen atoms in total. The van der Waals surface area contributed by atoms with Crippen LogP contribution in [0.4, 0.5) is 0 Å². The topological polar surface area (TPSA) is 39.7 Å². The normalized spacial score (nSPS) is 18.0. The molecule has 1 saturated carbocycles. The second-order valence-electron chi connectivity index (χ2n) is 6.20. The van der Waals surface area contributed by atoms with Crippen LogP contribution in [0.25, 0.3) is 0 Å². The van der Waals surface area contributed by atoms with Crippen LogP contribution >= 0.6 is 0 Å². The maximum absolute atomic E-state index is 5.75. The average molecular weight is 301 g/mol. The van der Waals surface area contributed by atoms with Gasteiger partial charge in [0, 0.05) is 20.3 Å². The number of methoxy groups -OCH3 is 1. The summed E-state index contributed by atoms with van der Waals surface area (Å²) in [5, 5.41) is 3.63. The van der Waals surface area contributed by atoms with Crippen LogP contribution in [-0.4, -0.2) is 53.2 Å². The highest BCUT2D eigenvalue weighted by molar-refractivity contribution is 4.84. The fourth-order valence-electron chi connectivity index (χ4n) is 3.10. The predicted octanol–water partition coefficient (Wildman–Crippen LogP) is 3.01. The summed E-state index contributed by atoms with van der Waals surface area (Å²) in [6.45, 7) is 8.07. The van der Waals surface area contributed by atoms with E-state index in [4.69, 9.17) is 14.2 Å². The van der Waals surface area contributed by atoms with Gasteiger partial charge in [0.2, 0.25) is 0 Å². The van der Waals surface area contributed by atoms with Gasteiger partial charge in [0.25, 0.3) is 0 Å². The van der Waals surface area contributed by atoms with Crippen molar-refractivity contribution < 1.29 is 14.2 Å². The molecule has 1 fully saturated rings. The van der Waals surface area contributed by atoms with E-state index < -0.39 is 0 Å². The minimum atomic E-state index is 0.477. The molecule has 21 heavy (non-hydrogen) atoms. The van der Waals surface area contributed by atoms with Crippen molar-refractivity contribution in [1.82, 2.24) is 5.32 Å². The summed E-state index contributed by atoms with van der Waals surface area (Å²) >= 11 is 0. The molecule has 0 aromatic carbocycles. The molecule has 1 aliphatic rings. The van der Waals surface area contributed by atoms with Gasteiger partial charge in [-0.25, -0.2) is 0 Å². The van der Waals surface area contributed by atoms with Crippen LogP contribution < -0.4 is 5.32 Å². The van der Waals surface area contributed by atoms with E-state index in [2.05, 4.69) is 12.2 Å². The molecule has 0 radical (unpaired) electrons. The van der Waals surface area contributed by atoms with E-state index in [-0.39, 0.29) is 0 Å². The highest BCUT2D eigenvalue weighted by atomic mass is 16.5. The molecule has 4 heteroatoms. The molecule has 0 amide bonds. The van der Waals surface area contributed by atoms with Crippen LogP contribution in [0.15, 0.2) is 0 Å². The molecule has 0 spiro atoms. The summed E-state index contributed by atoms with van der Waals surface area (Å²) in [5.41, 5.74) is 0.477. The van der Waals surface area contributed by atoms with Crippen LogP contribution in [0.2, 0.25) is 0 Å². The molecule has 0 bridgehead atoms. The Morgan fingerprint density at radius 3 is 2.24 bits per heavy atom. The molecule has 0 heterocycles. The Labute approximate surface area is 130 Å². The summed E-state index contributed by atoms with van der Waals surface area (Å²) in [4.78, 5) is 0. The van der Waals surface area contributed by atoms with Gasteiger partial charge in [0.15, 0.2) is 0 Å². The fourth-order valence-corrected chi connectivity index (χ4v) is 3.10. The van der Waals surface area contributed by atoms with Gasteiger partial charge in [-0.3, -0.25) is 0 Å². The first-order valence-corrected chi connectivity index (χ1v) is 8.68. The second-order valence-corrected chi connectivity index (χ2v) is 6.20. The third-order valence-electron chi connectivity index (χ3n) is 4.42. The Morgan fingerprint density at radius 1 is 0.905 bits per heavy atom. The molecule has 126 valence electrons. The molecule has 0 unspecified atom stereocenters. The van der Waals surface area contributed by atoms with Gasteiger partial charge in [0.1, 0.15) is 0 Å². The summed E-state index contributed by atoms with van der Waals surface area (Å²) in [5.74, 6) is 0. The Bertz CT molecular complexity index is 230. The van der Waals surface area contributed by atoms with Crippen molar-refractivity contribution in [2.45, 2.75) is 51.9 Å². The molecular formula is C17H35NO3. The molecule has 1 N–H and O–H groups in total. The Morgan fingerprint density at radius 2 is 1.57 bits per heavy atom. The summed E-state index contributed by atoms with van der Waals surface area (Å²) in [7, 11) is 1.69. The number of hydrogen-bond donors (Lipinski definition) is 1. The first-order valence-electron chi connectivity index (χ1n) is 8.68. The standard InChI is InChI=1S/C17H35NO3/c1-3-10-18-16-17(7-5-4-6-8-17)9-11-20-14-15-21-13-12-19-2/h18H,3-16H2,1-2H3. The Balaban J connectivity index is 2.11. The van der Waals surface area contributed by atoms with Gasteiger partial charge >= 0.3 is 0 Å². The molecule has 0 aromatic heterocycles. The van der Waals surface area contributed by atoms with Crippen molar-refractivity contribution in [3.05, 3.63) is 0 Å². The van der Waals surface area contributed by atoms with Crippen LogP contribution in [0, 0.1) is 5.41 Å². The van der Waals surface area contributed by atoms with Gasteiger partial charge in [-0.1, -0.05) is 26.2 Å². The Kier molecular flexibility index (Phi) is 11.1. The Hall–Kier alpha value is -0.160. The van der Waals surface area contributed by atoms with Gasteiger partial charge in [-0.15, -0.1) is 0 Å². The van der Waals surface area contributed by atoms with Crippen LogP contribution in [-0.2, 0) is 14.2 Å². The maximum atomic E-state index is 5.75. The minimum absolute atomic E-state index is 0.477. The van der Waals surface area contributed by atoms with Crippen LogP contribution in [0.5, 0.6) is 0 Å². The largest absolute Gasteiger partial charge is 0.382 e. The summed E-state index contributed by atoms with van der Waals surface area (Å²) in [6.07, 6.45) is 9.29. The molecule has 0 aromatic rings. The SMILES string of the molecule is CCCNCC1(CCOCCOCCOC)CCCCC1. The lowest BCUT2D eigenvalue weighted by Crippen LogP contribution is -2.37. The highest BCUT2D eigenvalue weighted by Crippen LogP contribution is 2.38. The van der Waals surface area contributed by atoms with E-state index in [0.717, 1.165) is 19.7 Å². The highest BCUT2D eigenvalue weighted by Gasteiger charge is 2.31. The van der Waals surface area contributed by atoms with Gasteiger partial charge < -0.3 is 19.5 Å². The molecule has 0 saturated heterocycles. The smallest absolute Gasteiger partial charge is 0.0701 e. The number of hydrogen-bond acceptors (Lipinski definition) is 4. The lowest BCUT2D eigenvalue weighted by Gasteiger charge is -2.37. The van der Waals surface area contributed by atoms with Crippen LogP contribution in [0.1, 0.15) is 51.9 Å². The molecule has 1 aliphatic carbocycles. The fraction of sp³-hybridized carbons (Fsp3) is 1.00. The van der Waals surface area contributed by atoms with Crippen molar-refractivity contribution in [1.29, 1.82) is 0 Å². The third kappa shape index (κ3) is 8.77. The summed E-state index contributed by atoms with van der Waals surface area (Å²) < 4.78 is 16.1. The van der Waals surface area contributed by atoms with Gasteiger partial charge in [0.05, 0.1) is 26.4 Å². The van der Waals surface area contributed by atoms with Crippen molar-refractivity contribution in [3.63, 3.8) is 0 Å². The zero-order valence-corrected chi connectivity index (χ0v) is 14.1. The van der Waals surface area contributed by atoms with E-state index in [0.29, 0.717) is 31.8 Å². The van der Waals surface area contributed by atoms with E-state index >= 15 is 0 Å². The minimum Gasteiger partial charge on any atom is -0.382 e. The van der Waals surface area contributed by atoms with Crippen molar-refractivity contribution in [3.8, 4) is 0 Å². The first kappa shape index (κ1) is 18.9. The zero-order valence-electron chi connectivity index (χ0n) is 14.1. The quantitative estimate of drug-likeness (QED) is 0.531. The van der Waals surface area contributed by atoms with Crippen LogP contribution in [0.3, 0.4) is 0 Å². The molecule has 0 atom stereocenters. The molecule has 0 aliphatic heterocycles. The van der Waals surface area contributed by atoms with E-state index in [1.54, 1.807) is 7.11 Å². The first-order chi connectivity index (χ1) is 10.3. The molecular weight excluding hydrogens is 266 g/mol. The lowest BCUT2D eigenvalue weighted by atomic mass is 9.72. The maximum Gasteiger partial charge on any atom is 0.0701 e. The number of rotatable bonds is 13. The zero-order chi connectivity index (χ0) is 15.2. The average Bonchev–Trinajstić information content (AvgIpc) is 2.51. The van der Waals surface area contributed by atoms with Crippen molar-refractivity contribution in [2.24, 2.45) is 5.41 Å². The predicted molar refractivity (Wildman–Crippen MR) is 86.8 cm³/mol. The van der Waals surface area contributed by atoms with E-state index in [1.165, 1.54) is 44.9 Å². The number of ether oxygens (including phenoxy) is 3. The summed E-state index contributed by atoms with van der Waals surface area (Å²) in [6, 6.07) is 0. The van der Waals surface area contributed by atoms with Gasteiger partial charge in [-0.05, 0) is 37.6 Å². The monoisotopic (exact) mass is 301 g/mol.